The normalized spacial score (nSPS) is 10.2. The number of carbonyl (C=O) groups excluding carboxylic acids is 1. The number of ketones is 1. The van der Waals surface area contributed by atoms with E-state index < -0.39 is 0 Å². The lowest BCUT2D eigenvalue weighted by Gasteiger charge is -2.03. The highest BCUT2D eigenvalue weighted by atomic mass is 16.5. The van der Waals surface area contributed by atoms with Crippen molar-refractivity contribution in [2.24, 2.45) is 0 Å². The molecule has 1 aromatic carbocycles. The number of nitrogens with zero attached hydrogens (tertiary/aromatic N) is 2. The number of aryl methyl sites for hydroxylation is 1. The minimum Gasteiger partial charge on any atom is -0.485 e. The number of ether oxygens (including phenoxy) is 1. The Hall–Kier alpha value is -2.17. The van der Waals surface area contributed by atoms with Gasteiger partial charge in [0.1, 0.15) is 5.75 Å². The molecule has 0 amide bonds. The Morgan fingerprint density at radius 2 is 2.06 bits per heavy atom. The van der Waals surface area contributed by atoms with Crippen LogP contribution in [-0.2, 0) is 6.61 Å². The zero-order valence-corrected chi connectivity index (χ0v) is 9.64. The van der Waals surface area contributed by atoms with Crippen molar-refractivity contribution >= 4 is 5.78 Å². The summed E-state index contributed by atoms with van der Waals surface area (Å²) in [6, 6.07) is 6.92. The van der Waals surface area contributed by atoms with E-state index in [4.69, 9.17) is 9.26 Å². The Kier molecular flexibility index (Phi) is 3.18. The highest BCUT2D eigenvalue weighted by molar-refractivity contribution is 5.94. The molecule has 0 saturated carbocycles. The van der Waals surface area contributed by atoms with Gasteiger partial charge < -0.3 is 9.26 Å². The van der Waals surface area contributed by atoms with E-state index in [1.165, 1.54) is 6.92 Å². The first kappa shape index (κ1) is 11.3. The lowest BCUT2D eigenvalue weighted by molar-refractivity contribution is 0.101. The molecule has 5 heteroatoms. The van der Waals surface area contributed by atoms with Gasteiger partial charge in [-0.15, -0.1) is 0 Å². The average molecular weight is 232 g/mol. The second kappa shape index (κ2) is 4.78. The van der Waals surface area contributed by atoms with Crippen LogP contribution in [0.5, 0.6) is 5.75 Å². The molecule has 0 N–H and O–H groups in total. The number of rotatable bonds is 4. The number of aromatic nitrogens is 2. The van der Waals surface area contributed by atoms with Crippen molar-refractivity contribution in [3.8, 4) is 5.75 Å². The second-order valence-electron chi connectivity index (χ2n) is 3.60. The van der Waals surface area contributed by atoms with Crippen molar-refractivity contribution < 1.29 is 14.1 Å². The third kappa shape index (κ3) is 2.90. The molecule has 1 heterocycles. The van der Waals surface area contributed by atoms with Gasteiger partial charge in [-0.1, -0.05) is 5.16 Å². The maximum atomic E-state index is 11.1. The standard InChI is InChI=1S/C12H12N2O3/c1-8(15)10-3-5-11(6-4-10)16-7-12-13-9(2)17-14-12/h3-6H,7H2,1-2H3. The van der Waals surface area contributed by atoms with Crippen LogP contribution in [0.3, 0.4) is 0 Å². The fourth-order valence-electron chi connectivity index (χ4n) is 1.33. The third-order valence-electron chi connectivity index (χ3n) is 2.20. The van der Waals surface area contributed by atoms with Gasteiger partial charge in [0.2, 0.25) is 11.7 Å². The third-order valence-corrected chi connectivity index (χ3v) is 2.20. The monoisotopic (exact) mass is 232 g/mol. The Morgan fingerprint density at radius 3 is 2.59 bits per heavy atom. The minimum absolute atomic E-state index is 0.0327. The molecular weight excluding hydrogens is 220 g/mol. The molecule has 88 valence electrons. The van der Waals surface area contributed by atoms with Crippen LogP contribution in [0.4, 0.5) is 0 Å². The molecule has 0 fully saturated rings. The van der Waals surface area contributed by atoms with E-state index in [0.29, 0.717) is 23.0 Å². The number of carbonyl (C=O) groups is 1. The van der Waals surface area contributed by atoms with E-state index in [9.17, 15) is 4.79 Å². The van der Waals surface area contributed by atoms with Gasteiger partial charge >= 0.3 is 0 Å². The molecule has 2 aromatic rings. The molecule has 1 aromatic heterocycles. The van der Waals surface area contributed by atoms with Gasteiger partial charge in [-0.2, -0.15) is 4.98 Å². The number of hydrogen-bond donors (Lipinski definition) is 0. The molecule has 0 aliphatic carbocycles. The Morgan fingerprint density at radius 1 is 1.35 bits per heavy atom. The highest BCUT2D eigenvalue weighted by Gasteiger charge is 2.04. The fraction of sp³-hybridized carbons (Fsp3) is 0.250. The van der Waals surface area contributed by atoms with Gasteiger partial charge in [0.15, 0.2) is 12.4 Å². The van der Waals surface area contributed by atoms with Crippen molar-refractivity contribution in [2.45, 2.75) is 20.5 Å². The summed E-state index contributed by atoms with van der Waals surface area (Å²) in [5, 5.41) is 3.71. The molecule has 17 heavy (non-hydrogen) atoms. The first-order valence-electron chi connectivity index (χ1n) is 5.18. The van der Waals surface area contributed by atoms with Crippen molar-refractivity contribution in [3.05, 3.63) is 41.5 Å². The van der Waals surface area contributed by atoms with E-state index in [0.717, 1.165) is 0 Å². The van der Waals surface area contributed by atoms with Crippen molar-refractivity contribution in [3.63, 3.8) is 0 Å². The number of benzene rings is 1. The maximum Gasteiger partial charge on any atom is 0.223 e. The minimum atomic E-state index is 0.0327. The fourth-order valence-corrected chi connectivity index (χ4v) is 1.33. The molecule has 0 atom stereocenters. The predicted molar refractivity (Wildman–Crippen MR) is 59.8 cm³/mol. The van der Waals surface area contributed by atoms with E-state index in [1.54, 1.807) is 31.2 Å². The van der Waals surface area contributed by atoms with Crippen LogP contribution in [0.25, 0.3) is 0 Å². The van der Waals surface area contributed by atoms with Crippen molar-refractivity contribution in [2.75, 3.05) is 0 Å². The number of Topliss-reactive ketones (excluding diaryl/α,β-unsaturated/α-hetero) is 1. The Labute approximate surface area is 98.4 Å². The molecule has 0 spiro atoms. The van der Waals surface area contributed by atoms with Crippen LogP contribution in [0, 0.1) is 6.92 Å². The zero-order valence-electron chi connectivity index (χ0n) is 9.64. The summed E-state index contributed by atoms with van der Waals surface area (Å²) in [5.74, 6) is 1.71. The summed E-state index contributed by atoms with van der Waals surface area (Å²) in [4.78, 5) is 15.1. The van der Waals surface area contributed by atoms with Crippen LogP contribution >= 0.6 is 0 Å². The first-order valence-corrected chi connectivity index (χ1v) is 5.18. The molecule has 5 nitrogen and oxygen atoms in total. The van der Waals surface area contributed by atoms with Crippen LogP contribution in [0.15, 0.2) is 28.8 Å². The van der Waals surface area contributed by atoms with Gasteiger partial charge in [0, 0.05) is 12.5 Å². The summed E-state index contributed by atoms with van der Waals surface area (Å²) in [6.07, 6.45) is 0. The van der Waals surface area contributed by atoms with E-state index in [-0.39, 0.29) is 12.4 Å². The van der Waals surface area contributed by atoms with Crippen LogP contribution in [0.2, 0.25) is 0 Å². The Bertz CT molecular complexity index is 517. The quantitative estimate of drug-likeness (QED) is 0.756. The molecule has 0 bridgehead atoms. The highest BCUT2D eigenvalue weighted by Crippen LogP contribution is 2.13. The van der Waals surface area contributed by atoms with Gasteiger partial charge in [0.25, 0.3) is 0 Å². The first-order chi connectivity index (χ1) is 8.15. The average Bonchev–Trinajstić information content (AvgIpc) is 2.73. The van der Waals surface area contributed by atoms with Crippen LogP contribution in [0.1, 0.15) is 29.0 Å². The molecule has 0 aliphatic heterocycles. The van der Waals surface area contributed by atoms with Crippen molar-refractivity contribution in [1.82, 2.24) is 10.1 Å². The van der Waals surface area contributed by atoms with Gasteiger partial charge in [-0.3, -0.25) is 4.79 Å². The largest absolute Gasteiger partial charge is 0.485 e. The molecule has 0 radical (unpaired) electrons. The van der Waals surface area contributed by atoms with E-state index >= 15 is 0 Å². The maximum absolute atomic E-state index is 11.1. The summed E-state index contributed by atoms with van der Waals surface area (Å²) >= 11 is 0. The Balaban J connectivity index is 1.97. The van der Waals surface area contributed by atoms with Gasteiger partial charge in [0.05, 0.1) is 0 Å². The predicted octanol–water partition coefficient (Wildman–Crippen LogP) is 2.16. The van der Waals surface area contributed by atoms with Gasteiger partial charge in [-0.25, -0.2) is 0 Å². The molecule has 2 rings (SSSR count). The smallest absolute Gasteiger partial charge is 0.223 e. The summed E-state index contributed by atoms with van der Waals surface area (Å²) in [5.41, 5.74) is 0.660. The summed E-state index contributed by atoms with van der Waals surface area (Å²) in [7, 11) is 0. The molecule has 0 saturated heterocycles. The molecule has 0 unspecified atom stereocenters. The SMILES string of the molecule is CC(=O)c1ccc(OCc2noc(C)n2)cc1. The zero-order chi connectivity index (χ0) is 12.3. The number of hydrogen-bond acceptors (Lipinski definition) is 5. The van der Waals surface area contributed by atoms with Gasteiger partial charge in [-0.05, 0) is 31.2 Å². The van der Waals surface area contributed by atoms with E-state index in [2.05, 4.69) is 10.1 Å². The lowest BCUT2D eigenvalue weighted by Crippen LogP contribution is -1.98. The molecular formula is C12H12N2O3. The van der Waals surface area contributed by atoms with Crippen molar-refractivity contribution in [1.29, 1.82) is 0 Å². The summed E-state index contributed by atoms with van der Waals surface area (Å²) < 4.78 is 10.3. The lowest BCUT2D eigenvalue weighted by atomic mass is 10.1. The van der Waals surface area contributed by atoms with E-state index in [1.807, 2.05) is 0 Å². The topological polar surface area (TPSA) is 65.2 Å². The van der Waals surface area contributed by atoms with Crippen LogP contribution in [-0.4, -0.2) is 15.9 Å². The molecule has 0 aliphatic rings. The summed E-state index contributed by atoms with van der Waals surface area (Å²) in [6.45, 7) is 3.49. The van der Waals surface area contributed by atoms with Crippen LogP contribution < -0.4 is 4.74 Å². The second-order valence-corrected chi connectivity index (χ2v) is 3.60.